The molecule has 1 unspecified atom stereocenters. The number of carboxylic acid groups (broad SMARTS) is 1. The molecular formula is C11H15NO6S. The molecule has 1 atom stereocenters. The van der Waals surface area contributed by atoms with Gasteiger partial charge in [0.2, 0.25) is 0 Å². The quantitative estimate of drug-likeness (QED) is 0.794. The fourth-order valence-electron chi connectivity index (χ4n) is 1.57. The van der Waals surface area contributed by atoms with Crippen LogP contribution in [-0.4, -0.2) is 40.0 Å². The first-order valence-corrected chi connectivity index (χ1v) is 7.05. The molecule has 0 heterocycles. The number of carboxylic acids is 1. The molecule has 0 amide bonds. The molecule has 0 saturated carbocycles. The third kappa shape index (κ3) is 3.15. The average Bonchev–Trinajstić information content (AvgIpc) is 2.34. The smallest absolute Gasteiger partial charge is 0.325 e. The molecule has 1 rings (SSSR count). The Balaban J connectivity index is 3.66. The summed E-state index contributed by atoms with van der Waals surface area (Å²) in [4.78, 5) is 10.8. The van der Waals surface area contributed by atoms with E-state index in [9.17, 15) is 13.2 Å². The summed E-state index contributed by atoms with van der Waals surface area (Å²) in [5.74, 6) is -1.20. The number of methoxy groups -OCH3 is 2. The second-order valence-electron chi connectivity index (χ2n) is 3.84. The lowest BCUT2D eigenvalue weighted by atomic mass is 10.1. The summed E-state index contributed by atoms with van der Waals surface area (Å²) in [5, 5.41) is 8.94. The van der Waals surface area contributed by atoms with Gasteiger partial charge in [-0.05, 0) is 6.07 Å². The molecule has 0 aromatic heterocycles. The van der Waals surface area contributed by atoms with Gasteiger partial charge in [-0.1, -0.05) is 0 Å². The minimum atomic E-state index is -3.61. The molecule has 0 spiro atoms. The molecule has 19 heavy (non-hydrogen) atoms. The minimum Gasteiger partial charge on any atom is -0.497 e. The second kappa shape index (κ2) is 5.45. The van der Waals surface area contributed by atoms with Crippen molar-refractivity contribution in [3.05, 3.63) is 17.7 Å². The summed E-state index contributed by atoms with van der Waals surface area (Å²) < 4.78 is 33.4. The molecule has 0 saturated heterocycles. The van der Waals surface area contributed by atoms with E-state index in [1.54, 1.807) is 0 Å². The van der Waals surface area contributed by atoms with Gasteiger partial charge in [0.15, 0.2) is 9.84 Å². The highest BCUT2D eigenvalue weighted by molar-refractivity contribution is 7.90. The number of hydrogen-bond acceptors (Lipinski definition) is 6. The fraction of sp³-hybridized carbons (Fsp3) is 0.364. The Morgan fingerprint density at radius 2 is 1.89 bits per heavy atom. The molecule has 106 valence electrons. The maximum absolute atomic E-state index is 11.7. The number of sulfone groups is 1. The van der Waals surface area contributed by atoms with E-state index in [1.165, 1.54) is 26.4 Å². The fourth-order valence-corrected chi connectivity index (χ4v) is 2.44. The predicted octanol–water partition coefficient (Wildman–Crippen LogP) is 0.192. The van der Waals surface area contributed by atoms with E-state index in [0.717, 1.165) is 6.26 Å². The van der Waals surface area contributed by atoms with Gasteiger partial charge in [0, 0.05) is 17.9 Å². The highest BCUT2D eigenvalue weighted by Crippen LogP contribution is 2.35. The van der Waals surface area contributed by atoms with Crippen LogP contribution in [0.2, 0.25) is 0 Å². The van der Waals surface area contributed by atoms with Crippen LogP contribution in [0.3, 0.4) is 0 Å². The van der Waals surface area contributed by atoms with Crippen LogP contribution in [0.4, 0.5) is 0 Å². The van der Waals surface area contributed by atoms with Crippen molar-refractivity contribution in [3.63, 3.8) is 0 Å². The summed E-state index contributed by atoms with van der Waals surface area (Å²) in [6, 6.07) is 1.18. The summed E-state index contributed by atoms with van der Waals surface area (Å²) in [5.41, 5.74) is 5.56. The first-order valence-electron chi connectivity index (χ1n) is 5.16. The Hall–Kier alpha value is -1.80. The molecule has 7 nitrogen and oxygen atoms in total. The lowest BCUT2D eigenvalue weighted by Crippen LogP contribution is -2.22. The molecule has 0 aliphatic rings. The molecule has 3 N–H and O–H groups in total. The highest BCUT2D eigenvalue weighted by atomic mass is 32.2. The van der Waals surface area contributed by atoms with Gasteiger partial charge in [0.05, 0.1) is 14.2 Å². The average molecular weight is 289 g/mol. The van der Waals surface area contributed by atoms with E-state index in [1.807, 2.05) is 0 Å². The van der Waals surface area contributed by atoms with Gasteiger partial charge in [0.25, 0.3) is 0 Å². The minimum absolute atomic E-state index is 0.0368. The van der Waals surface area contributed by atoms with Crippen LogP contribution in [0.1, 0.15) is 11.6 Å². The third-order valence-corrected chi connectivity index (χ3v) is 3.60. The number of aliphatic carboxylic acids is 1. The first-order chi connectivity index (χ1) is 8.72. The van der Waals surface area contributed by atoms with Crippen molar-refractivity contribution in [3.8, 4) is 11.5 Å². The number of hydrogen-bond donors (Lipinski definition) is 2. The molecule has 8 heteroatoms. The van der Waals surface area contributed by atoms with Crippen molar-refractivity contribution < 1.29 is 27.8 Å². The zero-order chi connectivity index (χ0) is 14.8. The van der Waals surface area contributed by atoms with Crippen LogP contribution < -0.4 is 15.2 Å². The van der Waals surface area contributed by atoms with Gasteiger partial charge < -0.3 is 20.3 Å². The molecule has 0 fully saturated rings. The molecule has 0 bridgehead atoms. The van der Waals surface area contributed by atoms with Gasteiger partial charge in [-0.3, -0.25) is 4.79 Å². The number of nitrogens with two attached hydrogens (primary N) is 1. The van der Waals surface area contributed by atoms with E-state index >= 15 is 0 Å². The summed E-state index contributed by atoms with van der Waals surface area (Å²) in [6.45, 7) is 0. The van der Waals surface area contributed by atoms with Crippen molar-refractivity contribution in [2.45, 2.75) is 10.9 Å². The van der Waals surface area contributed by atoms with Gasteiger partial charge >= 0.3 is 5.97 Å². The molecule has 0 aliphatic carbocycles. The van der Waals surface area contributed by atoms with Crippen LogP contribution in [0.5, 0.6) is 11.5 Å². The van der Waals surface area contributed by atoms with Gasteiger partial charge in [-0.2, -0.15) is 0 Å². The lowest BCUT2D eigenvalue weighted by Gasteiger charge is -2.16. The van der Waals surface area contributed by atoms with Crippen LogP contribution in [0.15, 0.2) is 17.0 Å². The Bertz CT molecular complexity index is 595. The number of carbonyl (C=O) groups is 1. The largest absolute Gasteiger partial charge is 0.497 e. The molecule has 0 radical (unpaired) electrons. The van der Waals surface area contributed by atoms with E-state index in [-0.39, 0.29) is 22.0 Å². The molecular weight excluding hydrogens is 274 g/mol. The van der Waals surface area contributed by atoms with Crippen molar-refractivity contribution in [1.82, 2.24) is 0 Å². The predicted molar refractivity (Wildman–Crippen MR) is 67.2 cm³/mol. The topological polar surface area (TPSA) is 116 Å². The van der Waals surface area contributed by atoms with Crippen LogP contribution in [0, 0.1) is 0 Å². The van der Waals surface area contributed by atoms with Crippen molar-refractivity contribution in [2.75, 3.05) is 20.5 Å². The second-order valence-corrected chi connectivity index (χ2v) is 5.82. The van der Waals surface area contributed by atoms with E-state index in [0.29, 0.717) is 0 Å². The van der Waals surface area contributed by atoms with Crippen molar-refractivity contribution in [1.29, 1.82) is 0 Å². The standard InChI is InChI=1S/C11H15NO6S/c1-17-6-4-7(9(12)11(13)14)10(18-2)8(5-6)19(3,15)16/h4-5,9H,12H2,1-3H3,(H,13,14). The SMILES string of the molecule is COc1cc(C(N)C(=O)O)c(OC)c(S(C)(=O)=O)c1. The Morgan fingerprint density at radius 3 is 2.26 bits per heavy atom. The van der Waals surface area contributed by atoms with Crippen LogP contribution in [0.25, 0.3) is 0 Å². The monoisotopic (exact) mass is 289 g/mol. The Kier molecular flexibility index (Phi) is 4.38. The maximum Gasteiger partial charge on any atom is 0.325 e. The van der Waals surface area contributed by atoms with Gasteiger partial charge in [-0.15, -0.1) is 0 Å². The first kappa shape index (κ1) is 15.3. The number of benzene rings is 1. The Morgan fingerprint density at radius 1 is 1.32 bits per heavy atom. The van der Waals surface area contributed by atoms with Gasteiger partial charge in [-0.25, -0.2) is 8.42 Å². The summed E-state index contributed by atoms with van der Waals surface area (Å²) in [6.07, 6.45) is 0.986. The zero-order valence-electron chi connectivity index (χ0n) is 10.7. The van der Waals surface area contributed by atoms with Crippen LogP contribution >= 0.6 is 0 Å². The number of rotatable bonds is 5. The zero-order valence-corrected chi connectivity index (χ0v) is 11.5. The van der Waals surface area contributed by atoms with E-state index in [2.05, 4.69) is 0 Å². The summed E-state index contributed by atoms with van der Waals surface area (Å²) >= 11 is 0. The number of ether oxygens (including phenoxy) is 2. The lowest BCUT2D eigenvalue weighted by molar-refractivity contribution is -0.138. The highest BCUT2D eigenvalue weighted by Gasteiger charge is 2.26. The normalized spacial score (nSPS) is 12.8. The molecule has 0 aliphatic heterocycles. The maximum atomic E-state index is 11.7. The van der Waals surface area contributed by atoms with E-state index in [4.69, 9.17) is 20.3 Å². The van der Waals surface area contributed by atoms with Crippen molar-refractivity contribution >= 4 is 15.8 Å². The molecule has 1 aromatic carbocycles. The molecule has 1 aromatic rings. The van der Waals surface area contributed by atoms with Crippen LogP contribution in [-0.2, 0) is 14.6 Å². The van der Waals surface area contributed by atoms with Gasteiger partial charge in [0.1, 0.15) is 22.4 Å². The van der Waals surface area contributed by atoms with Crippen molar-refractivity contribution in [2.24, 2.45) is 5.73 Å². The summed E-state index contributed by atoms with van der Waals surface area (Å²) in [7, 11) is -1.03. The Labute approximate surface area is 110 Å². The van der Waals surface area contributed by atoms with E-state index < -0.39 is 21.8 Å². The third-order valence-electron chi connectivity index (χ3n) is 2.50.